The Balaban J connectivity index is 1.33. The Hall–Kier alpha value is -2.65. The number of sulfonamides is 1. The highest BCUT2D eigenvalue weighted by molar-refractivity contribution is 7.89. The van der Waals surface area contributed by atoms with E-state index in [0.717, 1.165) is 35.6 Å². The van der Waals surface area contributed by atoms with Crippen LogP contribution in [0.1, 0.15) is 43.4 Å². The van der Waals surface area contributed by atoms with Gasteiger partial charge in [-0.2, -0.15) is 0 Å². The molecule has 36 heavy (non-hydrogen) atoms. The van der Waals surface area contributed by atoms with Crippen molar-refractivity contribution in [2.24, 2.45) is 0 Å². The van der Waals surface area contributed by atoms with Gasteiger partial charge in [0.05, 0.1) is 21.7 Å². The topological polar surface area (TPSA) is 71.4 Å². The first kappa shape index (κ1) is 25.0. The van der Waals surface area contributed by atoms with Gasteiger partial charge in [-0.25, -0.2) is 13.1 Å². The second kappa shape index (κ2) is 10.4. The summed E-state index contributed by atoms with van der Waals surface area (Å²) in [5, 5.41) is 0.635. The largest absolute Gasteiger partial charge is 0.372 e. The molecule has 1 saturated heterocycles. The van der Waals surface area contributed by atoms with Crippen LogP contribution in [-0.2, 0) is 16.6 Å². The Labute approximate surface area is 220 Å². The van der Waals surface area contributed by atoms with Gasteiger partial charge in [0.25, 0.3) is 0 Å². The lowest BCUT2D eigenvalue weighted by atomic mass is 10.1. The first-order chi connectivity index (χ1) is 17.3. The fraction of sp³-hybridized carbons (Fsp3) is 0.296. The molecule has 2 heterocycles. The van der Waals surface area contributed by atoms with Gasteiger partial charge in [-0.05, 0) is 79.8 Å². The third-order valence-electron chi connectivity index (χ3n) is 6.65. The predicted molar refractivity (Wildman–Crippen MR) is 148 cm³/mol. The molecule has 6 nitrogen and oxygen atoms in total. The number of anilines is 1. The molecule has 0 saturated carbocycles. The summed E-state index contributed by atoms with van der Waals surface area (Å²) >= 11 is 7.01. The Kier molecular flexibility index (Phi) is 7.21. The number of nitrogens with one attached hydrogen (secondary N) is 1. The summed E-state index contributed by atoms with van der Waals surface area (Å²) in [6, 6.07) is 19.9. The normalized spacial score (nSPS) is 15.3. The second-order valence-electron chi connectivity index (χ2n) is 9.19. The Morgan fingerprint density at radius 3 is 2.36 bits per heavy atom. The molecule has 0 bridgehead atoms. The number of benzene rings is 3. The van der Waals surface area contributed by atoms with Crippen molar-refractivity contribution in [3.05, 3.63) is 92.5 Å². The summed E-state index contributed by atoms with van der Waals surface area (Å²) in [5.41, 5.74) is 3.73. The molecule has 0 unspecified atom stereocenters. The lowest BCUT2D eigenvalue weighted by Gasteiger charge is -2.29. The number of halogens is 1. The quantitative estimate of drug-likeness (QED) is 0.321. The zero-order chi connectivity index (χ0) is 25.3. The second-order valence-corrected chi connectivity index (χ2v) is 12.3. The van der Waals surface area contributed by atoms with E-state index in [1.54, 1.807) is 34.9 Å². The summed E-state index contributed by atoms with van der Waals surface area (Å²) < 4.78 is 31.4. The number of hydrogen-bond acceptors (Lipinski definition) is 5. The molecule has 0 amide bonds. The van der Waals surface area contributed by atoms with Gasteiger partial charge in [-0.15, -0.1) is 0 Å². The maximum Gasteiger partial charge on any atom is 0.308 e. The monoisotopic (exact) mass is 541 g/mol. The number of hydrogen-bond donors (Lipinski definition) is 1. The van der Waals surface area contributed by atoms with E-state index in [1.165, 1.54) is 24.9 Å². The molecule has 0 spiro atoms. The molecule has 9 heteroatoms. The van der Waals surface area contributed by atoms with Crippen molar-refractivity contribution in [1.82, 2.24) is 9.29 Å². The van der Waals surface area contributed by atoms with Gasteiger partial charge in [0.15, 0.2) is 0 Å². The van der Waals surface area contributed by atoms with Crippen LogP contribution in [0.3, 0.4) is 0 Å². The Morgan fingerprint density at radius 1 is 0.972 bits per heavy atom. The molecule has 0 aliphatic carbocycles. The summed E-state index contributed by atoms with van der Waals surface area (Å²) in [6.07, 6.45) is 3.70. The van der Waals surface area contributed by atoms with Crippen molar-refractivity contribution in [3.63, 3.8) is 0 Å². The van der Waals surface area contributed by atoms with E-state index in [9.17, 15) is 13.2 Å². The van der Waals surface area contributed by atoms with Crippen LogP contribution in [0, 0.1) is 0 Å². The number of nitrogens with zero attached hydrogens (tertiary/aromatic N) is 2. The SMILES string of the molecule is C[C@H](NS(=O)(=O)c1ccc2c(c1)sc(=O)n2Cc1ccc(Cl)cc1)c1ccc(N2CCCCC2)cc1. The molecular weight excluding hydrogens is 514 g/mol. The molecule has 1 aliphatic heterocycles. The zero-order valence-corrected chi connectivity index (χ0v) is 22.4. The predicted octanol–water partition coefficient (Wildman–Crippen LogP) is 5.79. The molecule has 0 radical (unpaired) electrons. The van der Waals surface area contributed by atoms with Crippen LogP contribution in [0.25, 0.3) is 10.2 Å². The molecule has 1 atom stereocenters. The molecule has 1 N–H and O–H groups in total. The number of rotatable bonds is 7. The minimum atomic E-state index is -3.78. The van der Waals surface area contributed by atoms with Gasteiger partial charge < -0.3 is 4.90 Å². The third-order valence-corrected chi connectivity index (χ3v) is 9.38. The van der Waals surface area contributed by atoms with E-state index >= 15 is 0 Å². The number of piperidine rings is 1. The van der Waals surface area contributed by atoms with Gasteiger partial charge in [-0.3, -0.25) is 9.36 Å². The molecule has 1 fully saturated rings. The smallest absolute Gasteiger partial charge is 0.308 e. The first-order valence-electron chi connectivity index (χ1n) is 12.1. The van der Waals surface area contributed by atoms with Gasteiger partial charge in [0.2, 0.25) is 10.0 Å². The maximum atomic E-state index is 13.2. The highest BCUT2D eigenvalue weighted by Gasteiger charge is 2.21. The van der Waals surface area contributed by atoms with Crippen LogP contribution >= 0.6 is 22.9 Å². The van der Waals surface area contributed by atoms with E-state index in [1.807, 2.05) is 31.2 Å². The van der Waals surface area contributed by atoms with Crippen LogP contribution in [-0.4, -0.2) is 26.1 Å². The minimum Gasteiger partial charge on any atom is -0.372 e. The van der Waals surface area contributed by atoms with Gasteiger partial charge in [-0.1, -0.05) is 47.2 Å². The van der Waals surface area contributed by atoms with Gasteiger partial charge >= 0.3 is 4.87 Å². The standard InChI is InChI=1S/C27H28ClN3O3S2/c1-19(21-7-11-23(12-8-21)30-15-3-2-4-16-30)29-36(33,34)24-13-14-25-26(17-24)35-27(32)31(25)18-20-5-9-22(28)10-6-20/h5-14,17,19,29H,2-4,15-16,18H2,1H3/t19-/m0/s1. The van der Waals surface area contributed by atoms with Crippen LogP contribution in [0.2, 0.25) is 5.02 Å². The highest BCUT2D eigenvalue weighted by Crippen LogP contribution is 2.26. The number of thiazole rings is 1. The third kappa shape index (κ3) is 5.37. The van der Waals surface area contributed by atoms with Crippen molar-refractivity contribution in [2.75, 3.05) is 18.0 Å². The van der Waals surface area contributed by atoms with Crippen molar-refractivity contribution in [1.29, 1.82) is 0 Å². The zero-order valence-electron chi connectivity index (χ0n) is 20.0. The fourth-order valence-corrected chi connectivity index (χ4v) is 7.02. The average Bonchev–Trinajstić information content (AvgIpc) is 3.19. The first-order valence-corrected chi connectivity index (χ1v) is 14.7. The van der Waals surface area contributed by atoms with Crippen molar-refractivity contribution in [3.8, 4) is 0 Å². The summed E-state index contributed by atoms with van der Waals surface area (Å²) in [7, 11) is -3.78. The van der Waals surface area contributed by atoms with E-state index in [0.29, 0.717) is 21.8 Å². The fourth-order valence-electron chi connectivity index (χ4n) is 4.63. The van der Waals surface area contributed by atoms with Crippen LogP contribution in [0.15, 0.2) is 76.4 Å². The lowest BCUT2D eigenvalue weighted by molar-refractivity contribution is 0.566. The van der Waals surface area contributed by atoms with E-state index < -0.39 is 16.1 Å². The molecule has 1 aromatic heterocycles. The van der Waals surface area contributed by atoms with Crippen molar-refractivity contribution >= 4 is 48.9 Å². The lowest BCUT2D eigenvalue weighted by Crippen LogP contribution is -2.29. The molecule has 188 valence electrons. The minimum absolute atomic E-state index is 0.135. The highest BCUT2D eigenvalue weighted by atomic mass is 35.5. The van der Waals surface area contributed by atoms with Crippen molar-refractivity contribution in [2.45, 2.75) is 43.7 Å². The molecular formula is C27H28ClN3O3S2. The van der Waals surface area contributed by atoms with Crippen molar-refractivity contribution < 1.29 is 8.42 Å². The van der Waals surface area contributed by atoms with Crippen LogP contribution < -0.4 is 14.5 Å². The van der Waals surface area contributed by atoms with Gasteiger partial charge in [0, 0.05) is 29.8 Å². The number of aromatic nitrogens is 1. The summed E-state index contributed by atoms with van der Waals surface area (Å²) in [5.74, 6) is 0. The van der Waals surface area contributed by atoms with E-state index in [-0.39, 0.29) is 9.77 Å². The Morgan fingerprint density at radius 2 is 1.67 bits per heavy atom. The van der Waals surface area contributed by atoms with Crippen LogP contribution in [0.5, 0.6) is 0 Å². The van der Waals surface area contributed by atoms with Gasteiger partial charge in [0.1, 0.15) is 0 Å². The summed E-state index contributed by atoms with van der Waals surface area (Å²) in [4.78, 5) is 15.0. The summed E-state index contributed by atoms with van der Waals surface area (Å²) in [6.45, 7) is 4.37. The number of fused-ring (bicyclic) bond motifs is 1. The average molecular weight is 542 g/mol. The molecule has 1 aliphatic rings. The molecule has 4 aromatic rings. The molecule has 3 aromatic carbocycles. The van der Waals surface area contributed by atoms with E-state index in [4.69, 9.17) is 11.6 Å². The Bertz CT molecular complexity index is 1520. The van der Waals surface area contributed by atoms with Crippen LogP contribution in [0.4, 0.5) is 5.69 Å². The van der Waals surface area contributed by atoms with E-state index in [2.05, 4.69) is 21.8 Å². The maximum absolute atomic E-state index is 13.2. The molecule has 5 rings (SSSR count).